The zero-order valence-corrected chi connectivity index (χ0v) is 13.5. The molecule has 2 aromatic heterocycles. The van der Waals surface area contributed by atoms with E-state index < -0.39 is 12.1 Å². The predicted molar refractivity (Wildman–Crippen MR) is 84.0 cm³/mol. The van der Waals surface area contributed by atoms with Crippen molar-refractivity contribution in [1.82, 2.24) is 14.7 Å². The van der Waals surface area contributed by atoms with E-state index in [1.165, 1.54) is 22.9 Å². The Morgan fingerprint density at radius 1 is 1.16 bits per heavy atom. The van der Waals surface area contributed by atoms with Crippen LogP contribution in [0, 0.1) is 13.8 Å². The molecule has 0 aliphatic carbocycles. The molecule has 0 saturated heterocycles. The van der Waals surface area contributed by atoms with E-state index in [1.807, 2.05) is 32.0 Å². The van der Waals surface area contributed by atoms with Crippen LogP contribution in [-0.2, 0) is 12.7 Å². The van der Waals surface area contributed by atoms with Gasteiger partial charge in [-0.05, 0) is 31.0 Å². The molecule has 0 atom stereocenters. The highest BCUT2D eigenvalue weighted by Gasteiger charge is 2.38. The van der Waals surface area contributed by atoms with Gasteiger partial charge in [0.15, 0.2) is 0 Å². The molecular formula is C17H14F3N3O2. The minimum Gasteiger partial charge on any atom is -0.329 e. The maximum absolute atomic E-state index is 12.5. The molecule has 3 aromatic rings. The van der Waals surface area contributed by atoms with Gasteiger partial charge in [-0.1, -0.05) is 28.9 Å². The molecule has 0 aliphatic heterocycles. The minimum absolute atomic E-state index is 0.168. The Kier molecular flexibility index (Phi) is 4.20. The lowest BCUT2D eigenvalue weighted by molar-refractivity contribution is -0.159. The van der Waals surface area contributed by atoms with Gasteiger partial charge in [0, 0.05) is 17.8 Å². The molecule has 0 amide bonds. The van der Waals surface area contributed by atoms with E-state index in [1.54, 1.807) is 0 Å². The predicted octanol–water partition coefficient (Wildman–Crippen LogP) is 3.58. The zero-order chi connectivity index (χ0) is 18.2. The monoisotopic (exact) mass is 349 g/mol. The van der Waals surface area contributed by atoms with Gasteiger partial charge in [-0.25, -0.2) is 0 Å². The lowest BCUT2D eigenvalue weighted by Crippen LogP contribution is -2.19. The van der Waals surface area contributed by atoms with E-state index in [4.69, 9.17) is 0 Å². The van der Waals surface area contributed by atoms with Crippen molar-refractivity contribution in [2.75, 3.05) is 0 Å². The van der Waals surface area contributed by atoms with Crippen molar-refractivity contribution in [3.8, 4) is 11.4 Å². The number of nitrogens with zero attached hydrogens (tertiary/aromatic N) is 3. The Bertz CT molecular complexity index is 974. The largest absolute Gasteiger partial charge is 0.471 e. The minimum atomic E-state index is -4.72. The molecular weight excluding hydrogens is 335 g/mol. The van der Waals surface area contributed by atoms with Crippen molar-refractivity contribution in [3.05, 3.63) is 69.5 Å². The second kappa shape index (κ2) is 6.19. The SMILES string of the molecule is Cc1ccc(Cn2ccc(-c3noc(C(F)(F)F)n3)cc2=O)c(C)c1. The summed E-state index contributed by atoms with van der Waals surface area (Å²) in [6, 6.07) is 8.59. The number of aryl methyl sites for hydroxylation is 2. The van der Waals surface area contributed by atoms with E-state index in [9.17, 15) is 18.0 Å². The molecule has 8 heteroatoms. The van der Waals surface area contributed by atoms with Crippen molar-refractivity contribution >= 4 is 0 Å². The van der Waals surface area contributed by atoms with Crippen LogP contribution in [0.25, 0.3) is 11.4 Å². The van der Waals surface area contributed by atoms with Crippen LogP contribution in [0.15, 0.2) is 45.8 Å². The van der Waals surface area contributed by atoms with Gasteiger partial charge in [-0.3, -0.25) is 4.79 Å². The maximum Gasteiger partial charge on any atom is 0.471 e. The van der Waals surface area contributed by atoms with Gasteiger partial charge in [0.1, 0.15) is 0 Å². The number of halogens is 3. The highest BCUT2D eigenvalue weighted by molar-refractivity contribution is 5.52. The Morgan fingerprint density at radius 2 is 1.92 bits per heavy atom. The third-order valence-electron chi connectivity index (χ3n) is 3.76. The normalized spacial score (nSPS) is 11.7. The van der Waals surface area contributed by atoms with E-state index >= 15 is 0 Å². The number of hydrogen-bond acceptors (Lipinski definition) is 4. The molecule has 0 aliphatic rings. The maximum atomic E-state index is 12.5. The summed E-state index contributed by atoms with van der Waals surface area (Å²) in [6.07, 6.45) is -3.22. The molecule has 2 heterocycles. The Morgan fingerprint density at radius 3 is 2.52 bits per heavy atom. The topological polar surface area (TPSA) is 60.9 Å². The van der Waals surface area contributed by atoms with Crippen molar-refractivity contribution < 1.29 is 17.7 Å². The van der Waals surface area contributed by atoms with Gasteiger partial charge in [-0.15, -0.1) is 0 Å². The average molecular weight is 349 g/mol. The van der Waals surface area contributed by atoms with Crippen LogP contribution in [0.5, 0.6) is 0 Å². The van der Waals surface area contributed by atoms with Gasteiger partial charge in [0.25, 0.3) is 5.56 Å². The third kappa shape index (κ3) is 3.62. The lowest BCUT2D eigenvalue weighted by atomic mass is 10.1. The number of pyridine rings is 1. The number of alkyl halides is 3. The van der Waals surface area contributed by atoms with Crippen LogP contribution in [0.4, 0.5) is 13.2 Å². The molecule has 5 nitrogen and oxygen atoms in total. The molecule has 25 heavy (non-hydrogen) atoms. The average Bonchev–Trinajstić information content (AvgIpc) is 3.02. The van der Waals surface area contributed by atoms with Crippen molar-refractivity contribution in [2.45, 2.75) is 26.6 Å². The standard InChI is InChI=1S/C17H14F3N3O2/c1-10-3-4-13(11(2)7-10)9-23-6-5-12(8-14(23)24)15-21-16(25-22-15)17(18,19)20/h3-8H,9H2,1-2H3. The molecule has 0 N–H and O–H groups in total. The molecule has 130 valence electrons. The van der Waals surface area contributed by atoms with Crippen LogP contribution in [-0.4, -0.2) is 14.7 Å². The van der Waals surface area contributed by atoms with Crippen molar-refractivity contribution in [2.24, 2.45) is 0 Å². The molecule has 0 unspecified atom stereocenters. The third-order valence-corrected chi connectivity index (χ3v) is 3.76. The van der Waals surface area contributed by atoms with Crippen molar-refractivity contribution in [1.29, 1.82) is 0 Å². The van der Waals surface area contributed by atoms with Gasteiger partial charge in [-0.2, -0.15) is 18.2 Å². The van der Waals surface area contributed by atoms with E-state index in [0.717, 1.165) is 16.7 Å². The molecule has 0 bridgehead atoms. The molecule has 1 aromatic carbocycles. The number of aromatic nitrogens is 3. The number of benzene rings is 1. The number of hydrogen-bond donors (Lipinski definition) is 0. The van der Waals surface area contributed by atoms with Crippen molar-refractivity contribution in [3.63, 3.8) is 0 Å². The van der Waals surface area contributed by atoms with E-state index in [-0.39, 0.29) is 16.9 Å². The van der Waals surface area contributed by atoms with Crippen LogP contribution >= 0.6 is 0 Å². The highest BCUT2D eigenvalue weighted by atomic mass is 19.4. The first-order valence-corrected chi connectivity index (χ1v) is 7.42. The summed E-state index contributed by atoms with van der Waals surface area (Å²) < 4.78 is 43.2. The van der Waals surface area contributed by atoms with Gasteiger partial charge >= 0.3 is 12.1 Å². The molecule has 0 spiro atoms. The molecule has 0 radical (unpaired) electrons. The van der Waals surface area contributed by atoms with Crippen LogP contribution in [0.3, 0.4) is 0 Å². The zero-order valence-electron chi connectivity index (χ0n) is 13.5. The fraction of sp³-hybridized carbons (Fsp3) is 0.235. The second-order valence-electron chi connectivity index (χ2n) is 5.73. The fourth-order valence-electron chi connectivity index (χ4n) is 2.44. The summed E-state index contributed by atoms with van der Waals surface area (Å²) in [5.41, 5.74) is 2.97. The lowest BCUT2D eigenvalue weighted by Gasteiger charge is -2.09. The molecule has 3 rings (SSSR count). The van der Waals surface area contributed by atoms with Gasteiger partial charge < -0.3 is 9.09 Å². The Labute approximate surface area is 140 Å². The summed E-state index contributed by atoms with van der Waals surface area (Å²) in [5.74, 6) is -1.72. The van der Waals surface area contributed by atoms with Gasteiger partial charge in [0.05, 0.1) is 6.54 Å². The number of rotatable bonds is 3. The second-order valence-corrected chi connectivity index (χ2v) is 5.73. The summed E-state index contributed by atoms with van der Waals surface area (Å²) in [7, 11) is 0. The fourth-order valence-corrected chi connectivity index (χ4v) is 2.44. The quantitative estimate of drug-likeness (QED) is 0.725. The molecule has 0 saturated carbocycles. The van der Waals surface area contributed by atoms with Crippen LogP contribution < -0.4 is 5.56 Å². The molecule has 0 fully saturated rings. The first kappa shape index (κ1) is 16.9. The first-order valence-electron chi connectivity index (χ1n) is 7.42. The Hall–Kier alpha value is -2.90. The summed E-state index contributed by atoms with van der Waals surface area (Å²) in [6.45, 7) is 4.31. The summed E-state index contributed by atoms with van der Waals surface area (Å²) in [4.78, 5) is 15.5. The smallest absolute Gasteiger partial charge is 0.329 e. The van der Waals surface area contributed by atoms with Crippen LogP contribution in [0.1, 0.15) is 22.6 Å². The summed E-state index contributed by atoms with van der Waals surface area (Å²) in [5, 5.41) is 3.28. The van der Waals surface area contributed by atoms with Crippen LogP contribution in [0.2, 0.25) is 0 Å². The van der Waals surface area contributed by atoms with E-state index in [2.05, 4.69) is 14.7 Å². The summed E-state index contributed by atoms with van der Waals surface area (Å²) >= 11 is 0. The van der Waals surface area contributed by atoms with E-state index in [0.29, 0.717) is 6.54 Å². The van der Waals surface area contributed by atoms with Gasteiger partial charge in [0.2, 0.25) is 5.82 Å². The highest BCUT2D eigenvalue weighted by Crippen LogP contribution is 2.29. The Balaban J connectivity index is 1.88. The first-order chi connectivity index (χ1) is 11.7.